The Balaban J connectivity index is 0.000000321. The Bertz CT molecular complexity index is 845. The van der Waals surface area contributed by atoms with Crippen molar-refractivity contribution in [2.75, 3.05) is 13.1 Å². The van der Waals surface area contributed by atoms with Crippen molar-refractivity contribution in [1.29, 1.82) is 0 Å². The number of hydrogen-bond acceptors (Lipinski definition) is 4. The predicted octanol–water partition coefficient (Wildman–Crippen LogP) is 5.07. The van der Waals surface area contributed by atoms with Gasteiger partial charge in [0.1, 0.15) is 0 Å². The average molecular weight is 454 g/mol. The van der Waals surface area contributed by atoms with Crippen LogP contribution in [0.4, 0.5) is 0 Å². The van der Waals surface area contributed by atoms with Crippen LogP contribution in [0.3, 0.4) is 0 Å². The van der Waals surface area contributed by atoms with Gasteiger partial charge in [-0.1, -0.05) is 53.5 Å². The van der Waals surface area contributed by atoms with Crippen LogP contribution in [0.1, 0.15) is 12.0 Å². The van der Waals surface area contributed by atoms with Crippen molar-refractivity contribution in [2.24, 2.45) is 0 Å². The first kappa shape index (κ1) is 23.3. The lowest BCUT2D eigenvalue weighted by Crippen LogP contribution is -2.20. The maximum absolute atomic E-state index is 9.55. The summed E-state index contributed by atoms with van der Waals surface area (Å²) in [6.45, 7) is 3.33. The van der Waals surface area contributed by atoms with E-state index in [0.29, 0.717) is 27.4 Å². The number of hydrogen-bond donors (Lipinski definition) is 2. The van der Waals surface area contributed by atoms with Crippen molar-refractivity contribution in [1.82, 2.24) is 4.90 Å². The molecule has 1 aliphatic heterocycles. The molecule has 5 nitrogen and oxygen atoms in total. The van der Waals surface area contributed by atoms with Gasteiger partial charge in [-0.25, -0.2) is 9.59 Å². The number of nitrogens with zero attached hydrogens (tertiary/aromatic N) is 1. The number of carbonyl (C=O) groups is 2. The summed E-state index contributed by atoms with van der Waals surface area (Å²) in [6.07, 6.45) is 2.34. The molecule has 0 saturated carbocycles. The molecule has 0 aromatic heterocycles. The number of likely N-dealkylation sites (tertiary alicyclic amines) is 1. The smallest absolute Gasteiger partial charge is 0.328 e. The minimum atomic E-state index is -1.26. The van der Waals surface area contributed by atoms with Crippen LogP contribution in [0, 0.1) is 0 Å². The van der Waals surface area contributed by atoms with Crippen molar-refractivity contribution in [3.8, 4) is 0 Å². The first-order valence-electron chi connectivity index (χ1n) is 8.85. The molecule has 8 heteroatoms. The standard InChI is InChI=1S/C17H17Cl2NS.C4H4O4/c18-16-7-6-14(10-17(16)19)21-15-8-9-20(12-15)11-13-4-2-1-3-5-13;5-3(6)1-2-4(7)8/h1-7,10,15H,8-9,11-12H2;1-2H,(H,5,6)(H,7,8)/b;2-1-. The van der Waals surface area contributed by atoms with Crippen LogP contribution in [0.25, 0.3) is 0 Å². The minimum Gasteiger partial charge on any atom is -0.478 e. The summed E-state index contributed by atoms with van der Waals surface area (Å²) in [5.74, 6) is -2.51. The van der Waals surface area contributed by atoms with E-state index in [9.17, 15) is 9.59 Å². The Morgan fingerprint density at radius 2 is 1.69 bits per heavy atom. The number of rotatable bonds is 6. The zero-order chi connectivity index (χ0) is 21.2. The molecule has 1 fully saturated rings. The second-order valence-corrected chi connectivity index (χ2v) is 8.52. The molecular weight excluding hydrogens is 433 g/mol. The summed E-state index contributed by atoms with van der Waals surface area (Å²) in [5.41, 5.74) is 1.39. The maximum atomic E-state index is 9.55. The van der Waals surface area contributed by atoms with Crippen LogP contribution in [0.5, 0.6) is 0 Å². The van der Waals surface area contributed by atoms with Gasteiger partial charge in [0.05, 0.1) is 10.0 Å². The highest BCUT2D eigenvalue weighted by Crippen LogP contribution is 2.33. The number of carboxylic acids is 2. The van der Waals surface area contributed by atoms with Crippen molar-refractivity contribution in [2.45, 2.75) is 23.1 Å². The molecule has 154 valence electrons. The van der Waals surface area contributed by atoms with Gasteiger partial charge in [-0.2, -0.15) is 0 Å². The fourth-order valence-electron chi connectivity index (χ4n) is 2.76. The summed E-state index contributed by atoms with van der Waals surface area (Å²) in [6, 6.07) is 16.6. The van der Waals surface area contributed by atoms with Crippen molar-refractivity contribution >= 4 is 46.9 Å². The van der Waals surface area contributed by atoms with Crippen molar-refractivity contribution < 1.29 is 19.8 Å². The lowest BCUT2D eigenvalue weighted by atomic mass is 10.2. The Kier molecular flexibility index (Phi) is 9.54. The van der Waals surface area contributed by atoms with E-state index in [1.807, 2.05) is 23.9 Å². The predicted molar refractivity (Wildman–Crippen MR) is 117 cm³/mol. The SMILES string of the molecule is Clc1ccc(SC2CCN(Cc3ccccc3)C2)cc1Cl.O=C(O)/C=C\C(=O)O. The van der Waals surface area contributed by atoms with Crippen LogP contribution in [0.2, 0.25) is 10.0 Å². The number of benzene rings is 2. The summed E-state index contributed by atoms with van der Waals surface area (Å²) < 4.78 is 0. The maximum Gasteiger partial charge on any atom is 0.328 e. The molecule has 2 N–H and O–H groups in total. The second-order valence-electron chi connectivity index (χ2n) is 6.33. The van der Waals surface area contributed by atoms with Crippen LogP contribution in [-0.2, 0) is 16.1 Å². The largest absolute Gasteiger partial charge is 0.478 e. The van der Waals surface area contributed by atoms with E-state index in [1.165, 1.54) is 16.9 Å². The molecule has 3 rings (SSSR count). The van der Waals surface area contributed by atoms with Crippen LogP contribution in [-0.4, -0.2) is 45.4 Å². The average Bonchev–Trinajstić information content (AvgIpc) is 3.11. The van der Waals surface area contributed by atoms with Crippen LogP contribution < -0.4 is 0 Å². The zero-order valence-corrected chi connectivity index (χ0v) is 17.8. The fraction of sp³-hybridized carbons (Fsp3) is 0.238. The van der Waals surface area contributed by atoms with E-state index in [4.69, 9.17) is 33.4 Å². The van der Waals surface area contributed by atoms with Gasteiger partial charge in [-0.15, -0.1) is 11.8 Å². The molecule has 0 radical (unpaired) electrons. The molecule has 2 aromatic rings. The quantitative estimate of drug-likeness (QED) is 0.594. The first-order valence-corrected chi connectivity index (χ1v) is 10.5. The van der Waals surface area contributed by atoms with Gasteiger partial charge in [-0.05, 0) is 36.7 Å². The molecule has 1 unspecified atom stereocenters. The molecule has 0 amide bonds. The third kappa shape index (κ3) is 8.92. The summed E-state index contributed by atoms with van der Waals surface area (Å²) in [7, 11) is 0. The van der Waals surface area contributed by atoms with E-state index in [-0.39, 0.29) is 0 Å². The molecule has 0 bridgehead atoms. The van der Waals surface area contributed by atoms with Gasteiger partial charge in [0.15, 0.2) is 0 Å². The molecule has 1 heterocycles. The van der Waals surface area contributed by atoms with E-state index in [1.54, 1.807) is 0 Å². The lowest BCUT2D eigenvalue weighted by molar-refractivity contribution is -0.134. The van der Waals surface area contributed by atoms with Crippen molar-refractivity contribution in [3.63, 3.8) is 0 Å². The van der Waals surface area contributed by atoms with Gasteiger partial charge in [-0.3, -0.25) is 4.90 Å². The normalized spacial score (nSPS) is 16.4. The van der Waals surface area contributed by atoms with Crippen LogP contribution >= 0.6 is 35.0 Å². The number of aliphatic carboxylic acids is 2. The Morgan fingerprint density at radius 3 is 2.28 bits per heavy atom. The van der Waals surface area contributed by atoms with Crippen LogP contribution in [0.15, 0.2) is 65.6 Å². The summed E-state index contributed by atoms with van der Waals surface area (Å²) in [5, 5.41) is 17.5. The molecule has 1 saturated heterocycles. The fourth-order valence-corrected chi connectivity index (χ4v) is 4.35. The van der Waals surface area contributed by atoms with Gasteiger partial charge in [0.25, 0.3) is 0 Å². The Morgan fingerprint density at radius 1 is 1.03 bits per heavy atom. The van der Waals surface area contributed by atoms with E-state index >= 15 is 0 Å². The number of halogens is 2. The highest BCUT2D eigenvalue weighted by molar-refractivity contribution is 8.00. The molecule has 0 spiro atoms. The topological polar surface area (TPSA) is 77.8 Å². The summed E-state index contributed by atoms with van der Waals surface area (Å²) >= 11 is 13.9. The monoisotopic (exact) mass is 453 g/mol. The third-order valence-corrected chi connectivity index (χ3v) is 6.02. The molecular formula is C21H21Cl2NO4S. The number of carboxylic acid groups (broad SMARTS) is 2. The van der Waals surface area contributed by atoms with E-state index in [0.717, 1.165) is 19.6 Å². The third-order valence-electron chi connectivity index (χ3n) is 4.04. The Hall–Kier alpha value is -1.99. The molecule has 1 atom stereocenters. The van der Waals surface area contributed by atoms with Crippen molar-refractivity contribution in [3.05, 3.63) is 76.3 Å². The highest BCUT2D eigenvalue weighted by Gasteiger charge is 2.23. The first-order chi connectivity index (χ1) is 13.8. The Labute approximate surface area is 183 Å². The molecule has 2 aromatic carbocycles. The molecule has 1 aliphatic rings. The van der Waals surface area contributed by atoms with Gasteiger partial charge >= 0.3 is 11.9 Å². The molecule has 0 aliphatic carbocycles. The van der Waals surface area contributed by atoms with Gasteiger partial charge in [0.2, 0.25) is 0 Å². The second kappa shape index (κ2) is 11.9. The minimum absolute atomic E-state index is 0.558. The van der Waals surface area contributed by atoms with E-state index < -0.39 is 11.9 Å². The summed E-state index contributed by atoms with van der Waals surface area (Å²) in [4.78, 5) is 22.8. The highest BCUT2D eigenvalue weighted by atomic mass is 35.5. The van der Waals surface area contributed by atoms with E-state index in [2.05, 4.69) is 41.3 Å². The zero-order valence-electron chi connectivity index (χ0n) is 15.5. The van der Waals surface area contributed by atoms with Gasteiger partial charge < -0.3 is 10.2 Å². The lowest BCUT2D eigenvalue weighted by Gasteiger charge is -2.16. The number of thioether (sulfide) groups is 1. The van der Waals surface area contributed by atoms with Gasteiger partial charge in [0, 0.05) is 35.4 Å². The molecule has 29 heavy (non-hydrogen) atoms.